The van der Waals surface area contributed by atoms with Crippen LogP contribution in [0, 0.1) is 0 Å². The first-order valence-corrected chi connectivity index (χ1v) is 8.69. The van der Waals surface area contributed by atoms with Crippen LogP contribution in [0.15, 0.2) is 30.3 Å². The predicted octanol–water partition coefficient (Wildman–Crippen LogP) is 2.88. The van der Waals surface area contributed by atoms with Crippen molar-refractivity contribution in [2.24, 2.45) is 0 Å². The SMILES string of the molecule is Nc1nc(Cl)cc(NCc2ccc(N3CCSCC3)cc2)n1. The van der Waals surface area contributed by atoms with E-state index in [1.54, 1.807) is 6.07 Å². The van der Waals surface area contributed by atoms with Gasteiger partial charge in [-0.25, -0.2) is 4.98 Å². The van der Waals surface area contributed by atoms with E-state index >= 15 is 0 Å². The van der Waals surface area contributed by atoms with Crippen LogP contribution in [0.4, 0.5) is 17.5 Å². The molecule has 3 rings (SSSR count). The second-order valence-corrected chi connectivity index (χ2v) is 6.67. The highest BCUT2D eigenvalue weighted by Crippen LogP contribution is 2.20. The van der Waals surface area contributed by atoms with Crippen LogP contribution in [0.1, 0.15) is 5.56 Å². The molecule has 0 aliphatic carbocycles. The molecule has 0 amide bonds. The third kappa shape index (κ3) is 3.96. The molecule has 0 spiro atoms. The van der Waals surface area contributed by atoms with Crippen molar-refractivity contribution in [2.45, 2.75) is 6.54 Å². The molecule has 2 aromatic rings. The van der Waals surface area contributed by atoms with Crippen molar-refractivity contribution < 1.29 is 0 Å². The zero-order valence-electron chi connectivity index (χ0n) is 12.1. The van der Waals surface area contributed by atoms with Crippen molar-refractivity contribution in [3.8, 4) is 0 Å². The van der Waals surface area contributed by atoms with E-state index in [9.17, 15) is 0 Å². The minimum atomic E-state index is 0.174. The lowest BCUT2D eigenvalue weighted by Gasteiger charge is -2.28. The molecule has 0 bridgehead atoms. The summed E-state index contributed by atoms with van der Waals surface area (Å²) in [6.07, 6.45) is 0. The van der Waals surface area contributed by atoms with Crippen LogP contribution in [0.25, 0.3) is 0 Å². The highest BCUT2D eigenvalue weighted by atomic mass is 35.5. The maximum absolute atomic E-state index is 5.86. The molecule has 22 heavy (non-hydrogen) atoms. The number of hydrogen-bond donors (Lipinski definition) is 2. The Labute approximate surface area is 139 Å². The molecule has 2 heterocycles. The molecule has 7 heteroatoms. The Balaban J connectivity index is 1.61. The summed E-state index contributed by atoms with van der Waals surface area (Å²) in [5.74, 6) is 3.22. The summed E-state index contributed by atoms with van der Waals surface area (Å²) in [7, 11) is 0. The summed E-state index contributed by atoms with van der Waals surface area (Å²) in [6, 6.07) is 10.3. The van der Waals surface area contributed by atoms with Gasteiger partial charge >= 0.3 is 0 Å². The minimum Gasteiger partial charge on any atom is -0.370 e. The average Bonchev–Trinajstić information content (AvgIpc) is 2.53. The van der Waals surface area contributed by atoms with Crippen molar-refractivity contribution in [3.05, 3.63) is 41.0 Å². The Kier molecular flexibility index (Phi) is 4.90. The Bertz CT molecular complexity index is 608. The molecule has 0 saturated carbocycles. The lowest BCUT2D eigenvalue weighted by molar-refractivity contribution is 0.858. The van der Waals surface area contributed by atoms with E-state index in [-0.39, 0.29) is 5.95 Å². The molecule has 1 aliphatic heterocycles. The molecule has 1 fully saturated rings. The summed E-state index contributed by atoms with van der Waals surface area (Å²) in [5, 5.41) is 3.55. The number of benzene rings is 1. The standard InChI is InChI=1S/C15H18ClN5S/c16-13-9-14(20-15(17)19-13)18-10-11-1-3-12(4-2-11)21-5-7-22-8-6-21/h1-4,9H,5-8,10H2,(H3,17,18,19,20). The van der Waals surface area contributed by atoms with Crippen molar-refractivity contribution in [3.63, 3.8) is 0 Å². The molecule has 5 nitrogen and oxygen atoms in total. The first-order chi connectivity index (χ1) is 10.7. The lowest BCUT2D eigenvalue weighted by atomic mass is 10.2. The van der Waals surface area contributed by atoms with E-state index in [1.165, 1.54) is 22.8 Å². The fourth-order valence-corrected chi connectivity index (χ4v) is 3.46. The Morgan fingerprint density at radius 1 is 1.18 bits per heavy atom. The van der Waals surface area contributed by atoms with Crippen LogP contribution in [-0.4, -0.2) is 34.6 Å². The maximum atomic E-state index is 5.86. The van der Waals surface area contributed by atoms with Gasteiger partial charge in [0, 0.05) is 42.9 Å². The number of halogens is 1. The van der Waals surface area contributed by atoms with Crippen molar-refractivity contribution in [1.82, 2.24) is 9.97 Å². The van der Waals surface area contributed by atoms with Gasteiger partial charge in [-0.05, 0) is 17.7 Å². The summed E-state index contributed by atoms with van der Waals surface area (Å²) < 4.78 is 0. The van der Waals surface area contributed by atoms with Gasteiger partial charge in [-0.2, -0.15) is 16.7 Å². The Morgan fingerprint density at radius 2 is 1.91 bits per heavy atom. The molecule has 1 aliphatic rings. The van der Waals surface area contributed by atoms with Crippen LogP contribution in [0.2, 0.25) is 5.15 Å². The Morgan fingerprint density at radius 3 is 2.59 bits per heavy atom. The normalized spacial score (nSPS) is 14.9. The Hall–Kier alpha value is -1.66. The predicted molar refractivity (Wildman–Crippen MR) is 94.8 cm³/mol. The quantitative estimate of drug-likeness (QED) is 0.837. The number of nitrogens with one attached hydrogen (secondary N) is 1. The van der Waals surface area contributed by atoms with Crippen LogP contribution in [0.5, 0.6) is 0 Å². The largest absolute Gasteiger partial charge is 0.370 e. The van der Waals surface area contributed by atoms with E-state index in [4.69, 9.17) is 17.3 Å². The fraction of sp³-hybridized carbons (Fsp3) is 0.333. The highest BCUT2D eigenvalue weighted by molar-refractivity contribution is 7.99. The number of nitrogen functional groups attached to an aromatic ring is 1. The number of aromatic nitrogens is 2. The summed E-state index contributed by atoms with van der Waals surface area (Å²) in [6.45, 7) is 2.92. The summed E-state index contributed by atoms with van der Waals surface area (Å²) in [4.78, 5) is 10.4. The molecule has 116 valence electrons. The van der Waals surface area contributed by atoms with Crippen molar-refractivity contribution >= 4 is 40.8 Å². The zero-order valence-corrected chi connectivity index (χ0v) is 13.7. The van der Waals surface area contributed by atoms with Gasteiger partial charge in [-0.1, -0.05) is 23.7 Å². The first-order valence-electron chi connectivity index (χ1n) is 7.16. The molecular formula is C15H18ClN5S. The topological polar surface area (TPSA) is 67.1 Å². The van der Waals surface area contributed by atoms with E-state index < -0.39 is 0 Å². The van der Waals surface area contributed by atoms with E-state index in [0.29, 0.717) is 17.5 Å². The number of hydrogen-bond acceptors (Lipinski definition) is 6. The number of thioether (sulfide) groups is 1. The third-order valence-corrected chi connectivity index (χ3v) is 4.63. The van der Waals surface area contributed by atoms with Gasteiger partial charge in [0.15, 0.2) is 0 Å². The number of anilines is 3. The molecule has 1 saturated heterocycles. The van der Waals surface area contributed by atoms with Gasteiger partial charge in [0.05, 0.1) is 0 Å². The lowest BCUT2D eigenvalue weighted by Crippen LogP contribution is -2.32. The van der Waals surface area contributed by atoms with E-state index in [1.807, 2.05) is 11.8 Å². The van der Waals surface area contributed by atoms with Gasteiger partial charge in [0.25, 0.3) is 0 Å². The minimum absolute atomic E-state index is 0.174. The summed E-state index contributed by atoms with van der Waals surface area (Å²) in [5.41, 5.74) is 8.05. The first kappa shape index (κ1) is 15.2. The van der Waals surface area contributed by atoms with Crippen LogP contribution in [-0.2, 0) is 6.54 Å². The second kappa shape index (κ2) is 7.07. The van der Waals surface area contributed by atoms with Crippen LogP contribution < -0.4 is 16.0 Å². The number of nitrogens with zero attached hydrogens (tertiary/aromatic N) is 3. The number of rotatable bonds is 4. The highest BCUT2D eigenvalue weighted by Gasteiger charge is 2.10. The molecular weight excluding hydrogens is 318 g/mol. The summed E-state index contributed by atoms with van der Waals surface area (Å²) >= 11 is 7.88. The van der Waals surface area contributed by atoms with Crippen molar-refractivity contribution in [2.75, 3.05) is 40.5 Å². The molecule has 1 aromatic carbocycles. The molecule has 0 radical (unpaired) electrons. The zero-order chi connectivity index (χ0) is 15.4. The average molecular weight is 336 g/mol. The van der Waals surface area contributed by atoms with Gasteiger partial charge in [0.1, 0.15) is 11.0 Å². The second-order valence-electron chi connectivity index (χ2n) is 5.05. The van der Waals surface area contributed by atoms with E-state index in [0.717, 1.165) is 13.1 Å². The van der Waals surface area contributed by atoms with Gasteiger partial charge < -0.3 is 16.0 Å². The van der Waals surface area contributed by atoms with Crippen LogP contribution in [0.3, 0.4) is 0 Å². The monoisotopic (exact) mass is 335 g/mol. The van der Waals surface area contributed by atoms with E-state index in [2.05, 4.69) is 44.5 Å². The van der Waals surface area contributed by atoms with Crippen LogP contribution >= 0.6 is 23.4 Å². The molecule has 0 atom stereocenters. The van der Waals surface area contributed by atoms with Gasteiger partial charge in [-0.15, -0.1) is 0 Å². The maximum Gasteiger partial charge on any atom is 0.223 e. The smallest absolute Gasteiger partial charge is 0.223 e. The van der Waals surface area contributed by atoms with Crippen molar-refractivity contribution in [1.29, 1.82) is 0 Å². The van der Waals surface area contributed by atoms with Gasteiger partial charge in [0.2, 0.25) is 5.95 Å². The number of nitrogens with two attached hydrogens (primary N) is 1. The third-order valence-electron chi connectivity index (χ3n) is 3.50. The molecule has 0 unspecified atom stereocenters. The molecule has 3 N–H and O–H groups in total. The molecule has 1 aromatic heterocycles. The fourth-order valence-electron chi connectivity index (χ4n) is 2.36. The van der Waals surface area contributed by atoms with Gasteiger partial charge in [-0.3, -0.25) is 0 Å².